The van der Waals surface area contributed by atoms with Crippen molar-refractivity contribution in [1.82, 2.24) is 10.0 Å². The maximum Gasteiger partial charge on any atom is 0.212 e. The summed E-state index contributed by atoms with van der Waals surface area (Å²) >= 11 is 11.9. The van der Waals surface area contributed by atoms with Crippen molar-refractivity contribution in [3.8, 4) is 0 Å². The molecule has 7 heteroatoms. The van der Waals surface area contributed by atoms with Crippen LogP contribution in [0.1, 0.15) is 18.5 Å². The van der Waals surface area contributed by atoms with Crippen LogP contribution >= 0.6 is 23.2 Å². The average Bonchev–Trinajstić information content (AvgIpc) is 2.28. The summed E-state index contributed by atoms with van der Waals surface area (Å²) in [5.41, 5.74) is 0.892. The first-order valence-corrected chi connectivity index (χ1v) is 7.86. The minimum atomic E-state index is -3.18. The highest BCUT2D eigenvalue weighted by atomic mass is 35.5. The zero-order valence-corrected chi connectivity index (χ0v) is 12.5. The van der Waals surface area contributed by atoms with Gasteiger partial charge in [0.2, 0.25) is 10.0 Å². The number of rotatable bonds is 6. The van der Waals surface area contributed by atoms with E-state index in [2.05, 4.69) is 10.0 Å². The van der Waals surface area contributed by atoms with E-state index in [0.717, 1.165) is 5.56 Å². The molecule has 0 aliphatic heterocycles. The third-order valence-corrected chi connectivity index (χ3v) is 4.49. The molecule has 18 heavy (non-hydrogen) atoms. The summed E-state index contributed by atoms with van der Waals surface area (Å²) in [6.45, 7) is 2.27. The predicted octanol–water partition coefficient (Wildman–Crippen LogP) is 2.19. The zero-order valence-electron chi connectivity index (χ0n) is 10.2. The second kappa shape index (κ2) is 6.73. The van der Waals surface area contributed by atoms with Crippen molar-refractivity contribution in [2.45, 2.75) is 13.0 Å². The molecule has 0 bridgehead atoms. The van der Waals surface area contributed by atoms with E-state index in [1.807, 2.05) is 13.0 Å². The Morgan fingerprint density at radius 1 is 1.33 bits per heavy atom. The van der Waals surface area contributed by atoms with Gasteiger partial charge in [-0.25, -0.2) is 13.1 Å². The number of hydrogen-bond acceptors (Lipinski definition) is 3. The van der Waals surface area contributed by atoms with Crippen LogP contribution in [0.2, 0.25) is 10.0 Å². The van der Waals surface area contributed by atoms with Crippen LogP contribution in [0.5, 0.6) is 0 Å². The van der Waals surface area contributed by atoms with Crippen molar-refractivity contribution in [2.24, 2.45) is 0 Å². The lowest BCUT2D eigenvalue weighted by molar-refractivity contribution is 0.567. The van der Waals surface area contributed by atoms with E-state index in [1.165, 1.54) is 7.05 Å². The van der Waals surface area contributed by atoms with E-state index in [-0.39, 0.29) is 11.8 Å². The summed E-state index contributed by atoms with van der Waals surface area (Å²) < 4.78 is 24.7. The highest BCUT2D eigenvalue weighted by molar-refractivity contribution is 7.89. The van der Waals surface area contributed by atoms with Gasteiger partial charge >= 0.3 is 0 Å². The van der Waals surface area contributed by atoms with Gasteiger partial charge < -0.3 is 5.32 Å². The number of hydrogen-bond donors (Lipinski definition) is 2. The molecule has 1 unspecified atom stereocenters. The van der Waals surface area contributed by atoms with Gasteiger partial charge in [-0.05, 0) is 31.7 Å². The topological polar surface area (TPSA) is 58.2 Å². The molecule has 1 atom stereocenters. The monoisotopic (exact) mass is 310 g/mol. The Labute approximate surface area is 118 Å². The molecule has 4 nitrogen and oxygen atoms in total. The second-order valence-corrected chi connectivity index (χ2v) is 6.75. The molecule has 1 aromatic carbocycles. The molecule has 0 radical (unpaired) electrons. The summed E-state index contributed by atoms with van der Waals surface area (Å²) in [7, 11) is -1.78. The van der Waals surface area contributed by atoms with Gasteiger partial charge in [0, 0.05) is 22.6 Å². The first kappa shape index (κ1) is 15.7. The molecular formula is C11H16Cl2N2O2S. The van der Waals surface area contributed by atoms with Crippen molar-refractivity contribution in [1.29, 1.82) is 0 Å². The van der Waals surface area contributed by atoms with Crippen LogP contribution < -0.4 is 10.0 Å². The Bertz CT molecular complexity index is 506. The summed E-state index contributed by atoms with van der Waals surface area (Å²) in [6, 6.07) is 5.21. The molecule has 0 fully saturated rings. The molecule has 1 rings (SSSR count). The molecule has 0 aromatic heterocycles. The van der Waals surface area contributed by atoms with Gasteiger partial charge in [-0.15, -0.1) is 0 Å². The van der Waals surface area contributed by atoms with Crippen molar-refractivity contribution < 1.29 is 8.42 Å². The van der Waals surface area contributed by atoms with Crippen molar-refractivity contribution >= 4 is 33.2 Å². The SMILES string of the molecule is CNS(=O)(=O)CCNC(C)c1ccc(Cl)cc1Cl. The van der Waals surface area contributed by atoms with Gasteiger partial charge in [-0.1, -0.05) is 29.3 Å². The molecule has 0 saturated carbocycles. The minimum absolute atomic E-state index is 0.0268. The van der Waals surface area contributed by atoms with Crippen LogP contribution in [-0.2, 0) is 10.0 Å². The summed E-state index contributed by atoms with van der Waals surface area (Å²) in [5.74, 6) is 0.0268. The number of benzene rings is 1. The molecule has 0 aliphatic carbocycles. The quantitative estimate of drug-likeness (QED) is 0.847. The highest BCUT2D eigenvalue weighted by Gasteiger charge is 2.11. The van der Waals surface area contributed by atoms with E-state index in [1.54, 1.807) is 12.1 Å². The van der Waals surface area contributed by atoms with Crippen LogP contribution in [0.4, 0.5) is 0 Å². The minimum Gasteiger partial charge on any atom is -0.309 e. The largest absolute Gasteiger partial charge is 0.309 e. The molecule has 0 amide bonds. The third-order valence-electron chi connectivity index (χ3n) is 2.56. The Hall–Kier alpha value is -0.330. The number of nitrogens with one attached hydrogen (secondary N) is 2. The maximum atomic E-state index is 11.2. The predicted molar refractivity (Wildman–Crippen MR) is 75.7 cm³/mol. The van der Waals surface area contributed by atoms with E-state index >= 15 is 0 Å². The van der Waals surface area contributed by atoms with Gasteiger partial charge in [0.05, 0.1) is 5.75 Å². The lowest BCUT2D eigenvalue weighted by Gasteiger charge is -2.15. The molecule has 0 saturated heterocycles. The van der Waals surface area contributed by atoms with Gasteiger partial charge in [0.15, 0.2) is 0 Å². The summed E-state index contributed by atoms with van der Waals surface area (Å²) in [4.78, 5) is 0. The standard InChI is InChI=1S/C11H16Cl2N2O2S/c1-8(15-5-6-18(16,17)14-2)10-4-3-9(12)7-11(10)13/h3-4,7-8,14-15H,5-6H2,1-2H3. The maximum absolute atomic E-state index is 11.2. The van der Waals surface area contributed by atoms with Crippen molar-refractivity contribution in [3.63, 3.8) is 0 Å². The number of halogens is 2. The molecule has 102 valence electrons. The molecule has 0 aliphatic rings. The van der Waals surface area contributed by atoms with E-state index in [4.69, 9.17) is 23.2 Å². The van der Waals surface area contributed by atoms with Gasteiger partial charge in [0.25, 0.3) is 0 Å². The van der Waals surface area contributed by atoms with Gasteiger partial charge in [-0.2, -0.15) is 0 Å². The first-order chi connectivity index (χ1) is 8.35. The third kappa shape index (κ3) is 4.74. The second-order valence-electron chi connectivity index (χ2n) is 3.86. The van der Waals surface area contributed by atoms with Crippen LogP contribution in [-0.4, -0.2) is 27.8 Å². The molecule has 2 N–H and O–H groups in total. The van der Waals surface area contributed by atoms with Crippen molar-refractivity contribution in [2.75, 3.05) is 19.3 Å². The van der Waals surface area contributed by atoms with Crippen LogP contribution in [0, 0.1) is 0 Å². The summed E-state index contributed by atoms with van der Waals surface area (Å²) in [6.07, 6.45) is 0. The normalized spacial score (nSPS) is 13.6. The smallest absolute Gasteiger partial charge is 0.212 e. The first-order valence-electron chi connectivity index (χ1n) is 5.45. The lowest BCUT2D eigenvalue weighted by Crippen LogP contribution is -2.31. The fourth-order valence-electron chi connectivity index (χ4n) is 1.47. The van der Waals surface area contributed by atoms with Crippen molar-refractivity contribution in [3.05, 3.63) is 33.8 Å². The average molecular weight is 311 g/mol. The van der Waals surface area contributed by atoms with E-state index < -0.39 is 10.0 Å². The molecule has 0 heterocycles. The Balaban J connectivity index is 2.58. The summed E-state index contributed by atoms with van der Waals surface area (Å²) in [5, 5.41) is 4.25. The Morgan fingerprint density at radius 2 is 2.00 bits per heavy atom. The Kier molecular flexibility index (Phi) is 5.88. The van der Waals surface area contributed by atoms with E-state index in [9.17, 15) is 8.42 Å². The van der Waals surface area contributed by atoms with Crippen LogP contribution in [0.15, 0.2) is 18.2 Å². The van der Waals surface area contributed by atoms with Crippen LogP contribution in [0.3, 0.4) is 0 Å². The molecule has 0 spiro atoms. The fraction of sp³-hybridized carbons (Fsp3) is 0.455. The Morgan fingerprint density at radius 3 is 2.56 bits per heavy atom. The lowest BCUT2D eigenvalue weighted by atomic mass is 10.1. The number of sulfonamides is 1. The van der Waals surface area contributed by atoms with Gasteiger partial charge in [0.1, 0.15) is 0 Å². The zero-order chi connectivity index (χ0) is 13.8. The van der Waals surface area contributed by atoms with Gasteiger partial charge in [-0.3, -0.25) is 0 Å². The van der Waals surface area contributed by atoms with Crippen LogP contribution in [0.25, 0.3) is 0 Å². The van der Waals surface area contributed by atoms with E-state index in [0.29, 0.717) is 16.6 Å². The molecule has 1 aromatic rings. The highest BCUT2D eigenvalue weighted by Crippen LogP contribution is 2.25. The fourth-order valence-corrected chi connectivity index (χ4v) is 2.64. The molecular weight excluding hydrogens is 295 g/mol.